The van der Waals surface area contributed by atoms with Crippen molar-refractivity contribution in [2.45, 2.75) is 64.1 Å². The third-order valence-corrected chi connectivity index (χ3v) is 7.04. The lowest BCUT2D eigenvalue weighted by Gasteiger charge is -2.27. The number of carbonyl (C=O) groups is 1. The van der Waals surface area contributed by atoms with Crippen LogP contribution in [0.1, 0.15) is 60.5 Å². The molecule has 1 aliphatic carbocycles. The van der Waals surface area contributed by atoms with Crippen LogP contribution in [0.15, 0.2) is 36.4 Å². The van der Waals surface area contributed by atoms with E-state index in [9.17, 15) is 13.6 Å². The summed E-state index contributed by atoms with van der Waals surface area (Å²) in [6.45, 7) is -1.12. The number of methoxy groups -OCH3 is 1. The van der Waals surface area contributed by atoms with Crippen LogP contribution in [0.5, 0.6) is 5.75 Å². The van der Waals surface area contributed by atoms with Crippen molar-refractivity contribution in [3.63, 3.8) is 0 Å². The number of hydrogen-bond donors (Lipinski definition) is 0. The molecular formula is C26H29F2N3O3. The van der Waals surface area contributed by atoms with Crippen molar-refractivity contribution in [2.24, 2.45) is 0 Å². The van der Waals surface area contributed by atoms with E-state index < -0.39 is 6.61 Å². The van der Waals surface area contributed by atoms with E-state index in [4.69, 9.17) is 9.72 Å². The van der Waals surface area contributed by atoms with Crippen molar-refractivity contribution in [3.8, 4) is 5.75 Å². The van der Waals surface area contributed by atoms with Gasteiger partial charge in [0.15, 0.2) is 0 Å². The van der Waals surface area contributed by atoms with E-state index in [1.165, 1.54) is 31.9 Å². The molecule has 2 aromatic carbocycles. The molecule has 0 radical (unpaired) electrons. The Morgan fingerprint density at radius 2 is 1.88 bits per heavy atom. The SMILES string of the molecule is COC(=O)N1CCc2ccc3c(nc(C4CCCCC4)n3Cc3ccc(OC(F)F)cc3)c2C1. The smallest absolute Gasteiger partial charge is 0.409 e. The van der Waals surface area contributed by atoms with Crippen LogP contribution >= 0.6 is 0 Å². The number of hydrogen-bond acceptors (Lipinski definition) is 4. The predicted molar refractivity (Wildman–Crippen MR) is 124 cm³/mol. The van der Waals surface area contributed by atoms with E-state index in [2.05, 4.69) is 21.4 Å². The lowest BCUT2D eigenvalue weighted by Crippen LogP contribution is -2.35. The van der Waals surface area contributed by atoms with Crippen molar-refractivity contribution in [3.05, 3.63) is 58.9 Å². The van der Waals surface area contributed by atoms with Gasteiger partial charge in [-0.15, -0.1) is 0 Å². The summed E-state index contributed by atoms with van der Waals surface area (Å²) in [5.74, 6) is 1.61. The number of amides is 1. The van der Waals surface area contributed by atoms with Crippen LogP contribution in [-0.2, 0) is 24.2 Å². The average molecular weight is 470 g/mol. The van der Waals surface area contributed by atoms with Crippen LogP contribution in [-0.4, -0.2) is 40.8 Å². The Hall–Kier alpha value is -3.16. The fraction of sp³-hybridized carbons (Fsp3) is 0.462. The van der Waals surface area contributed by atoms with Crippen molar-refractivity contribution in [2.75, 3.05) is 13.7 Å². The molecule has 0 atom stereocenters. The fourth-order valence-corrected chi connectivity index (χ4v) is 5.33. The number of ether oxygens (including phenoxy) is 2. The summed E-state index contributed by atoms with van der Waals surface area (Å²) in [5.41, 5.74) is 5.29. The predicted octanol–water partition coefficient (Wildman–Crippen LogP) is 5.86. The van der Waals surface area contributed by atoms with E-state index in [1.807, 2.05) is 12.1 Å². The quantitative estimate of drug-likeness (QED) is 0.470. The van der Waals surface area contributed by atoms with Gasteiger partial charge in [0.25, 0.3) is 0 Å². The Morgan fingerprint density at radius 3 is 2.59 bits per heavy atom. The maximum Gasteiger partial charge on any atom is 0.409 e. The molecule has 3 aromatic rings. The first-order valence-electron chi connectivity index (χ1n) is 11.9. The minimum absolute atomic E-state index is 0.152. The van der Waals surface area contributed by atoms with Crippen LogP contribution in [0.2, 0.25) is 0 Å². The fourth-order valence-electron chi connectivity index (χ4n) is 5.33. The molecule has 180 valence electrons. The highest BCUT2D eigenvalue weighted by atomic mass is 19.3. The molecule has 5 rings (SSSR count). The first-order chi connectivity index (χ1) is 16.5. The van der Waals surface area contributed by atoms with Crippen molar-refractivity contribution >= 4 is 17.1 Å². The van der Waals surface area contributed by atoms with Crippen LogP contribution in [0.25, 0.3) is 11.0 Å². The topological polar surface area (TPSA) is 56.6 Å². The van der Waals surface area contributed by atoms with Gasteiger partial charge in [0.1, 0.15) is 11.6 Å². The third kappa shape index (κ3) is 4.45. The average Bonchev–Trinajstić information content (AvgIpc) is 3.23. The Morgan fingerprint density at radius 1 is 1.12 bits per heavy atom. The van der Waals surface area contributed by atoms with Crippen LogP contribution < -0.4 is 4.74 Å². The van der Waals surface area contributed by atoms with Gasteiger partial charge in [-0.2, -0.15) is 8.78 Å². The van der Waals surface area contributed by atoms with Gasteiger partial charge in [-0.05, 0) is 48.6 Å². The Labute approximate surface area is 197 Å². The molecule has 2 aliphatic rings. The molecule has 0 bridgehead atoms. The van der Waals surface area contributed by atoms with E-state index >= 15 is 0 Å². The monoisotopic (exact) mass is 469 g/mol. The third-order valence-electron chi connectivity index (χ3n) is 7.04. The van der Waals surface area contributed by atoms with Crippen LogP contribution in [0, 0.1) is 0 Å². The van der Waals surface area contributed by atoms with Crippen molar-refractivity contribution in [1.29, 1.82) is 0 Å². The second kappa shape index (κ2) is 9.60. The number of carbonyl (C=O) groups excluding carboxylic acids is 1. The number of fused-ring (bicyclic) bond motifs is 3. The number of rotatable bonds is 5. The first-order valence-corrected chi connectivity index (χ1v) is 11.9. The van der Waals surface area contributed by atoms with Gasteiger partial charge in [0.2, 0.25) is 0 Å². The highest BCUT2D eigenvalue weighted by Gasteiger charge is 2.28. The maximum absolute atomic E-state index is 12.5. The summed E-state index contributed by atoms with van der Waals surface area (Å²) in [6.07, 6.45) is 6.33. The van der Waals surface area contributed by atoms with E-state index in [0.29, 0.717) is 25.6 Å². The highest BCUT2D eigenvalue weighted by molar-refractivity contribution is 5.82. The lowest BCUT2D eigenvalue weighted by atomic mass is 9.88. The Balaban J connectivity index is 1.54. The standard InChI is InChI=1S/C26H29F2N3O3/c1-33-26(32)30-14-13-18-9-12-22-23(21(18)16-30)29-24(19-5-3-2-4-6-19)31(22)15-17-7-10-20(11-8-17)34-25(27)28/h7-12,19,25H,2-6,13-16H2,1H3. The number of benzene rings is 2. The van der Waals surface area contributed by atoms with Gasteiger partial charge in [0.05, 0.1) is 24.7 Å². The largest absolute Gasteiger partial charge is 0.453 e. The summed E-state index contributed by atoms with van der Waals surface area (Å²) in [5, 5.41) is 0. The molecule has 0 saturated heterocycles. The number of halogens is 2. The summed E-state index contributed by atoms with van der Waals surface area (Å²) in [4.78, 5) is 19.1. The van der Waals surface area contributed by atoms with Gasteiger partial charge >= 0.3 is 12.7 Å². The number of nitrogens with zero attached hydrogens (tertiary/aromatic N) is 3. The van der Waals surface area contributed by atoms with Crippen molar-refractivity contribution in [1.82, 2.24) is 14.5 Å². The second-order valence-corrected chi connectivity index (χ2v) is 9.13. The van der Waals surface area contributed by atoms with E-state index in [-0.39, 0.29) is 11.8 Å². The molecule has 6 nitrogen and oxygen atoms in total. The summed E-state index contributed by atoms with van der Waals surface area (Å²) < 4.78 is 36.8. The molecule has 0 unspecified atom stereocenters. The lowest BCUT2D eigenvalue weighted by molar-refractivity contribution is -0.0498. The zero-order chi connectivity index (χ0) is 23.7. The van der Waals surface area contributed by atoms with E-state index in [1.54, 1.807) is 17.0 Å². The molecular weight excluding hydrogens is 440 g/mol. The number of imidazole rings is 1. The normalized spacial score (nSPS) is 16.6. The van der Waals surface area contributed by atoms with E-state index in [0.717, 1.165) is 47.2 Å². The zero-order valence-electron chi connectivity index (χ0n) is 19.3. The second-order valence-electron chi connectivity index (χ2n) is 9.13. The molecule has 1 amide bonds. The van der Waals surface area contributed by atoms with Gasteiger partial charge in [-0.3, -0.25) is 0 Å². The Kier molecular flexibility index (Phi) is 6.39. The van der Waals surface area contributed by atoms with Crippen LogP contribution in [0.3, 0.4) is 0 Å². The zero-order valence-corrected chi connectivity index (χ0v) is 19.3. The van der Waals surface area contributed by atoms with Gasteiger partial charge in [-0.25, -0.2) is 9.78 Å². The molecule has 0 spiro atoms. The summed E-state index contributed by atoms with van der Waals surface area (Å²) in [6, 6.07) is 11.1. The molecule has 8 heteroatoms. The number of alkyl halides is 2. The van der Waals surface area contributed by atoms with Gasteiger partial charge in [0, 0.05) is 24.6 Å². The molecule has 1 aromatic heterocycles. The number of aromatic nitrogens is 2. The minimum atomic E-state index is -2.84. The van der Waals surface area contributed by atoms with Gasteiger partial charge in [-0.1, -0.05) is 37.5 Å². The van der Waals surface area contributed by atoms with Crippen LogP contribution in [0.4, 0.5) is 13.6 Å². The molecule has 1 saturated carbocycles. The molecule has 0 N–H and O–H groups in total. The maximum atomic E-state index is 12.5. The minimum Gasteiger partial charge on any atom is -0.453 e. The highest BCUT2D eigenvalue weighted by Crippen LogP contribution is 2.36. The molecule has 34 heavy (non-hydrogen) atoms. The molecule has 1 fully saturated rings. The Bertz CT molecular complexity index is 1170. The van der Waals surface area contributed by atoms with Gasteiger partial charge < -0.3 is 18.9 Å². The first kappa shape index (κ1) is 22.6. The summed E-state index contributed by atoms with van der Waals surface area (Å²) in [7, 11) is 1.41. The summed E-state index contributed by atoms with van der Waals surface area (Å²) >= 11 is 0. The molecule has 2 heterocycles. The molecule has 1 aliphatic heterocycles. The van der Waals surface area contributed by atoms with Crippen molar-refractivity contribution < 1.29 is 23.0 Å².